The molecule has 2 aromatic carbocycles. The second-order valence-electron chi connectivity index (χ2n) is 4.55. The predicted octanol–water partition coefficient (Wildman–Crippen LogP) is 2.98. The molecule has 0 amide bonds. The Balaban J connectivity index is 2.02. The van der Waals surface area contributed by atoms with Crippen LogP contribution in [0, 0.1) is 6.92 Å². The highest BCUT2D eigenvalue weighted by atomic mass is 15.3. The van der Waals surface area contributed by atoms with Crippen LogP contribution >= 0.6 is 0 Å². The van der Waals surface area contributed by atoms with Crippen LogP contribution in [-0.4, -0.2) is 9.78 Å². The maximum absolute atomic E-state index is 5.92. The molecule has 90 valence electrons. The molecule has 0 saturated heterocycles. The molecule has 0 saturated carbocycles. The molecule has 3 rings (SSSR count). The molecule has 0 spiro atoms. The molecule has 3 aromatic rings. The van der Waals surface area contributed by atoms with E-state index in [0.29, 0.717) is 5.82 Å². The predicted molar refractivity (Wildman–Crippen MR) is 74.4 cm³/mol. The first-order valence-corrected chi connectivity index (χ1v) is 6.00. The van der Waals surface area contributed by atoms with Crippen molar-refractivity contribution in [3.8, 4) is 0 Å². The number of benzene rings is 2. The molecular weight excluding hydrogens is 222 g/mol. The lowest BCUT2D eigenvalue weighted by Crippen LogP contribution is -2.02. The third-order valence-electron chi connectivity index (χ3n) is 3.14. The van der Waals surface area contributed by atoms with E-state index >= 15 is 0 Å². The fraction of sp³-hybridized carbons (Fsp3) is 0.133. The van der Waals surface area contributed by atoms with E-state index in [4.69, 9.17) is 5.73 Å². The van der Waals surface area contributed by atoms with Gasteiger partial charge in [0.15, 0.2) is 5.82 Å². The number of hydrogen-bond donors (Lipinski definition) is 1. The summed E-state index contributed by atoms with van der Waals surface area (Å²) < 4.78 is 1.95. The standard InChI is InChI=1S/C15H15N3/c1-11-6-8-12(9-7-11)10-18-14-5-3-2-4-13(14)15(16)17-18/h2-9H,10H2,1H3,(H2,16,17). The molecule has 3 heteroatoms. The summed E-state index contributed by atoms with van der Waals surface area (Å²) in [5.41, 5.74) is 9.50. The van der Waals surface area contributed by atoms with Crippen LogP contribution in [0.3, 0.4) is 0 Å². The minimum Gasteiger partial charge on any atom is -0.382 e. The summed E-state index contributed by atoms with van der Waals surface area (Å²) in [7, 11) is 0. The van der Waals surface area contributed by atoms with Crippen LogP contribution in [0.2, 0.25) is 0 Å². The first-order valence-electron chi connectivity index (χ1n) is 6.00. The van der Waals surface area contributed by atoms with Gasteiger partial charge in [0, 0.05) is 5.39 Å². The van der Waals surface area contributed by atoms with Crippen molar-refractivity contribution in [1.29, 1.82) is 0 Å². The molecule has 2 N–H and O–H groups in total. The lowest BCUT2D eigenvalue weighted by molar-refractivity contribution is 0.716. The van der Waals surface area contributed by atoms with Crippen LogP contribution in [0.5, 0.6) is 0 Å². The number of fused-ring (bicyclic) bond motifs is 1. The maximum Gasteiger partial charge on any atom is 0.153 e. The van der Waals surface area contributed by atoms with Crippen LogP contribution < -0.4 is 5.73 Å². The van der Waals surface area contributed by atoms with Gasteiger partial charge in [-0.1, -0.05) is 42.0 Å². The molecule has 0 radical (unpaired) electrons. The number of anilines is 1. The Labute approximate surface area is 106 Å². The Morgan fingerprint density at radius 3 is 2.56 bits per heavy atom. The number of para-hydroxylation sites is 1. The summed E-state index contributed by atoms with van der Waals surface area (Å²) >= 11 is 0. The fourth-order valence-corrected chi connectivity index (χ4v) is 2.14. The van der Waals surface area contributed by atoms with E-state index in [0.717, 1.165) is 17.4 Å². The van der Waals surface area contributed by atoms with Crippen molar-refractivity contribution in [2.24, 2.45) is 0 Å². The van der Waals surface area contributed by atoms with Gasteiger partial charge >= 0.3 is 0 Å². The molecule has 0 atom stereocenters. The summed E-state index contributed by atoms with van der Waals surface area (Å²) in [6.07, 6.45) is 0. The number of nitrogens with two attached hydrogens (primary N) is 1. The normalized spacial score (nSPS) is 10.9. The zero-order valence-corrected chi connectivity index (χ0v) is 10.3. The molecule has 3 nitrogen and oxygen atoms in total. The van der Waals surface area contributed by atoms with Gasteiger partial charge in [0.25, 0.3) is 0 Å². The molecule has 1 heterocycles. The molecule has 18 heavy (non-hydrogen) atoms. The smallest absolute Gasteiger partial charge is 0.153 e. The van der Waals surface area contributed by atoms with Crippen molar-refractivity contribution in [3.63, 3.8) is 0 Å². The molecule has 1 aromatic heterocycles. The van der Waals surface area contributed by atoms with E-state index in [-0.39, 0.29) is 0 Å². The summed E-state index contributed by atoms with van der Waals surface area (Å²) in [4.78, 5) is 0. The second kappa shape index (κ2) is 4.18. The van der Waals surface area contributed by atoms with Gasteiger partial charge in [-0.2, -0.15) is 5.10 Å². The number of nitrogen functional groups attached to an aromatic ring is 1. The van der Waals surface area contributed by atoms with Crippen LogP contribution in [0.15, 0.2) is 48.5 Å². The van der Waals surface area contributed by atoms with Gasteiger partial charge in [0.05, 0.1) is 12.1 Å². The molecule has 0 unspecified atom stereocenters. The summed E-state index contributed by atoms with van der Waals surface area (Å²) in [5.74, 6) is 0.595. The van der Waals surface area contributed by atoms with E-state index in [1.165, 1.54) is 11.1 Å². The van der Waals surface area contributed by atoms with Gasteiger partial charge in [-0.3, -0.25) is 4.68 Å². The van der Waals surface area contributed by atoms with Crippen molar-refractivity contribution >= 4 is 16.7 Å². The average Bonchev–Trinajstić information content (AvgIpc) is 2.70. The number of nitrogens with zero attached hydrogens (tertiary/aromatic N) is 2. The number of aromatic nitrogens is 2. The van der Waals surface area contributed by atoms with Crippen molar-refractivity contribution in [2.75, 3.05) is 5.73 Å². The Morgan fingerprint density at radius 2 is 1.78 bits per heavy atom. The highest BCUT2D eigenvalue weighted by Gasteiger charge is 2.07. The minimum atomic E-state index is 0.595. The third-order valence-corrected chi connectivity index (χ3v) is 3.14. The molecule has 0 fully saturated rings. The zero-order valence-electron chi connectivity index (χ0n) is 10.3. The SMILES string of the molecule is Cc1ccc(Cn2nc(N)c3ccccc32)cc1. The van der Waals surface area contributed by atoms with E-state index in [2.05, 4.69) is 36.3 Å². The Bertz CT molecular complexity index is 681. The fourth-order valence-electron chi connectivity index (χ4n) is 2.14. The van der Waals surface area contributed by atoms with Crippen LogP contribution in [0.1, 0.15) is 11.1 Å². The van der Waals surface area contributed by atoms with E-state index < -0.39 is 0 Å². The van der Waals surface area contributed by atoms with Crippen LogP contribution in [0.25, 0.3) is 10.9 Å². The second-order valence-corrected chi connectivity index (χ2v) is 4.55. The first kappa shape index (κ1) is 10.8. The maximum atomic E-state index is 5.92. The van der Waals surface area contributed by atoms with Crippen molar-refractivity contribution < 1.29 is 0 Å². The largest absolute Gasteiger partial charge is 0.382 e. The Morgan fingerprint density at radius 1 is 1.06 bits per heavy atom. The number of aryl methyl sites for hydroxylation is 1. The summed E-state index contributed by atoms with van der Waals surface area (Å²) in [6, 6.07) is 16.5. The lowest BCUT2D eigenvalue weighted by Gasteiger charge is -2.04. The van der Waals surface area contributed by atoms with Gasteiger partial charge in [-0.25, -0.2) is 0 Å². The zero-order chi connectivity index (χ0) is 12.5. The summed E-state index contributed by atoms with van der Waals surface area (Å²) in [6.45, 7) is 2.84. The number of hydrogen-bond acceptors (Lipinski definition) is 2. The molecule has 0 aliphatic rings. The molecule has 0 aliphatic heterocycles. The molecular formula is C15H15N3. The monoisotopic (exact) mass is 237 g/mol. The van der Waals surface area contributed by atoms with Crippen LogP contribution in [-0.2, 0) is 6.54 Å². The van der Waals surface area contributed by atoms with E-state index in [1.807, 2.05) is 28.9 Å². The van der Waals surface area contributed by atoms with Gasteiger partial charge in [0.1, 0.15) is 0 Å². The highest BCUT2D eigenvalue weighted by Crippen LogP contribution is 2.20. The quantitative estimate of drug-likeness (QED) is 0.744. The highest BCUT2D eigenvalue weighted by molar-refractivity contribution is 5.89. The van der Waals surface area contributed by atoms with Gasteiger partial charge in [-0.05, 0) is 24.6 Å². The van der Waals surface area contributed by atoms with E-state index in [1.54, 1.807) is 0 Å². The van der Waals surface area contributed by atoms with Crippen molar-refractivity contribution in [2.45, 2.75) is 13.5 Å². The lowest BCUT2D eigenvalue weighted by atomic mass is 10.1. The molecule has 0 bridgehead atoms. The summed E-state index contributed by atoms with van der Waals surface area (Å²) in [5, 5.41) is 5.42. The molecule has 0 aliphatic carbocycles. The van der Waals surface area contributed by atoms with Crippen molar-refractivity contribution in [3.05, 3.63) is 59.7 Å². The Kier molecular flexibility index (Phi) is 2.52. The topological polar surface area (TPSA) is 43.8 Å². The van der Waals surface area contributed by atoms with Gasteiger partial charge in [0.2, 0.25) is 0 Å². The Hall–Kier alpha value is -2.29. The van der Waals surface area contributed by atoms with Gasteiger partial charge in [-0.15, -0.1) is 0 Å². The third kappa shape index (κ3) is 1.84. The number of rotatable bonds is 2. The van der Waals surface area contributed by atoms with Crippen LogP contribution in [0.4, 0.5) is 5.82 Å². The van der Waals surface area contributed by atoms with Crippen molar-refractivity contribution in [1.82, 2.24) is 9.78 Å². The minimum absolute atomic E-state index is 0.595. The van der Waals surface area contributed by atoms with E-state index in [9.17, 15) is 0 Å². The first-order chi connectivity index (χ1) is 8.74. The average molecular weight is 237 g/mol. The van der Waals surface area contributed by atoms with Gasteiger partial charge < -0.3 is 5.73 Å².